The van der Waals surface area contributed by atoms with Crippen LogP contribution >= 0.6 is 0 Å². The summed E-state index contributed by atoms with van der Waals surface area (Å²) in [7, 11) is 0. The smallest absolute Gasteiger partial charge is 0.0674 e. The largest absolute Gasteiger partial charge is 0.376 e. The van der Waals surface area contributed by atoms with E-state index in [2.05, 4.69) is 31.7 Å². The van der Waals surface area contributed by atoms with E-state index in [-0.39, 0.29) is 0 Å². The van der Waals surface area contributed by atoms with Crippen LogP contribution < -0.4 is 0 Å². The van der Waals surface area contributed by atoms with Gasteiger partial charge in [-0.1, -0.05) is 6.92 Å². The first-order valence-electron chi connectivity index (χ1n) is 5.43. The number of hydrogen-bond acceptors (Lipinski definition) is 3. The number of hydrogen-bond donors (Lipinski definition) is 0. The van der Waals surface area contributed by atoms with Gasteiger partial charge in [0.1, 0.15) is 0 Å². The summed E-state index contributed by atoms with van der Waals surface area (Å²) in [6, 6.07) is 3.12. The maximum atomic E-state index is 8.74. The van der Waals surface area contributed by atoms with Crippen LogP contribution in [0.4, 0.5) is 0 Å². The maximum Gasteiger partial charge on any atom is 0.0674 e. The van der Waals surface area contributed by atoms with Gasteiger partial charge in [-0.05, 0) is 20.3 Å². The Bertz CT molecular complexity index is 212. The zero-order valence-corrected chi connectivity index (χ0v) is 9.36. The molecule has 1 aliphatic heterocycles. The average molecular weight is 196 g/mol. The molecule has 80 valence electrons. The highest BCUT2D eigenvalue weighted by molar-refractivity contribution is 4.87. The van der Waals surface area contributed by atoms with E-state index >= 15 is 0 Å². The Morgan fingerprint density at radius 1 is 1.57 bits per heavy atom. The summed E-state index contributed by atoms with van der Waals surface area (Å²) >= 11 is 0. The Kier molecular flexibility index (Phi) is 4.37. The number of rotatable bonds is 3. The van der Waals surface area contributed by atoms with E-state index in [4.69, 9.17) is 10.00 Å². The molecule has 1 rings (SSSR count). The fourth-order valence-corrected chi connectivity index (χ4v) is 2.04. The molecule has 3 unspecified atom stereocenters. The van der Waals surface area contributed by atoms with Gasteiger partial charge < -0.3 is 4.74 Å². The van der Waals surface area contributed by atoms with Crippen molar-refractivity contribution in [1.82, 2.24) is 4.90 Å². The van der Waals surface area contributed by atoms with Crippen molar-refractivity contribution >= 4 is 0 Å². The second-order valence-electron chi connectivity index (χ2n) is 4.11. The SMILES string of the molecule is CCC(CC#N)N1CC(C)OCC1C. The molecule has 0 aromatic heterocycles. The molecule has 1 heterocycles. The third-order valence-electron chi connectivity index (χ3n) is 2.92. The molecular weight excluding hydrogens is 176 g/mol. The van der Waals surface area contributed by atoms with Gasteiger partial charge in [-0.2, -0.15) is 5.26 Å². The number of nitriles is 1. The van der Waals surface area contributed by atoms with E-state index in [0.29, 0.717) is 24.6 Å². The Labute approximate surface area is 86.6 Å². The van der Waals surface area contributed by atoms with Crippen LogP contribution in [0, 0.1) is 11.3 Å². The normalized spacial score (nSPS) is 31.0. The summed E-state index contributed by atoms with van der Waals surface area (Å²) in [5, 5.41) is 8.74. The van der Waals surface area contributed by atoms with Crippen LogP contribution in [-0.4, -0.2) is 36.2 Å². The van der Waals surface area contributed by atoms with Crippen molar-refractivity contribution in [3.63, 3.8) is 0 Å². The van der Waals surface area contributed by atoms with Gasteiger partial charge in [-0.25, -0.2) is 0 Å². The molecule has 0 saturated carbocycles. The minimum Gasteiger partial charge on any atom is -0.376 e. The Hall–Kier alpha value is -0.590. The summed E-state index contributed by atoms with van der Waals surface area (Å²) in [5.74, 6) is 0. The monoisotopic (exact) mass is 196 g/mol. The molecule has 1 aliphatic rings. The van der Waals surface area contributed by atoms with Crippen molar-refractivity contribution in [2.75, 3.05) is 13.2 Å². The summed E-state index contributed by atoms with van der Waals surface area (Å²) in [4.78, 5) is 2.41. The summed E-state index contributed by atoms with van der Waals surface area (Å²) < 4.78 is 5.57. The first kappa shape index (κ1) is 11.5. The predicted octanol–water partition coefficient (Wildman–Crippen LogP) is 1.79. The van der Waals surface area contributed by atoms with Gasteiger partial charge in [0.2, 0.25) is 0 Å². The molecule has 0 aliphatic carbocycles. The zero-order chi connectivity index (χ0) is 10.6. The van der Waals surface area contributed by atoms with Crippen LogP contribution in [0.25, 0.3) is 0 Å². The Morgan fingerprint density at radius 2 is 2.29 bits per heavy atom. The highest BCUT2D eigenvalue weighted by atomic mass is 16.5. The fourth-order valence-electron chi connectivity index (χ4n) is 2.04. The minimum absolute atomic E-state index is 0.305. The molecule has 0 aromatic carbocycles. The van der Waals surface area contributed by atoms with Crippen LogP contribution in [0.15, 0.2) is 0 Å². The molecule has 3 atom stereocenters. The van der Waals surface area contributed by atoms with E-state index in [1.807, 2.05) is 0 Å². The molecule has 0 aromatic rings. The molecular formula is C11H20N2O. The van der Waals surface area contributed by atoms with Crippen LogP contribution in [0.1, 0.15) is 33.6 Å². The molecule has 0 bridgehead atoms. The van der Waals surface area contributed by atoms with Gasteiger partial charge in [0, 0.05) is 18.6 Å². The van der Waals surface area contributed by atoms with Crippen LogP contribution in [0.2, 0.25) is 0 Å². The first-order valence-corrected chi connectivity index (χ1v) is 5.43. The molecule has 3 heteroatoms. The fraction of sp³-hybridized carbons (Fsp3) is 0.909. The lowest BCUT2D eigenvalue weighted by Crippen LogP contribution is -2.51. The second kappa shape index (κ2) is 5.33. The molecule has 3 nitrogen and oxygen atoms in total. The highest BCUT2D eigenvalue weighted by Crippen LogP contribution is 2.18. The molecule has 0 spiro atoms. The van der Waals surface area contributed by atoms with Gasteiger partial charge in [0.05, 0.1) is 25.2 Å². The molecule has 1 fully saturated rings. The lowest BCUT2D eigenvalue weighted by Gasteiger charge is -2.41. The molecule has 1 saturated heterocycles. The summed E-state index contributed by atoms with van der Waals surface area (Å²) in [6.07, 6.45) is 1.98. The lowest BCUT2D eigenvalue weighted by molar-refractivity contribution is -0.0658. The van der Waals surface area contributed by atoms with Crippen molar-refractivity contribution in [2.24, 2.45) is 0 Å². The van der Waals surface area contributed by atoms with Crippen molar-refractivity contribution in [2.45, 2.75) is 51.8 Å². The van der Waals surface area contributed by atoms with Gasteiger partial charge in [-0.3, -0.25) is 4.90 Å². The topological polar surface area (TPSA) is 36.3 Å². The second-order valence-corrected chi connectivity index (χ2v) is 4.11. The zero-order valence-electron chi connectivity index (χ0n) is 9.36. The average Bonchev–Trinajstić information content (AvgIpc) is 2.18. The van der Waals surface area contributed by atoms with Gasteiger partial charge in [-0.15, -0.1) is 0 Å². The van der Waals surface area contributed by atoms with Crippen molar-refractivity contribution in [3.8, 4) is 6.07 Å². The maximum absolute atomic E-state index is 8.74. The van der Waals surface area contributed by atoms with Crippen LogP contribution in [0.5, 0.6) is 0 Å². The van der Waals surface area contributed by atoms with Gasteiger partial charge in [0.25, 0.3) is 0 Å². The van der Waals surface area contributed by atoms with Gasteiger partial charge >= 0.3 is 0 Å². The third-order valence-corrected chi connectivity index (χ3v) is 2.92. The lowest BCUT2D eigenvalue weighted by atomic mass is 10.1. The van der Waals surface area contributed by atoms with Crippen molar-refractivity contribution in [3.05, 3.63) is 0 Å². The van der Waals surface area contributed by atoms with Gasteiger partial charge in [0.15, 0.2) is 0 Å². The van der Waals surface area contributed by atoms with E-state index in [0.717, 1.165) is 19.6 Å². The minimum atomic E-state index is 0.305. The number of nitrogens with zero attached hydrogens (tertiary/aromatic N) is 2. The quantitative estimate of drug-likeness (QED) is 0.690. The number of morpholine rings is 1. The number of ether oxygens (including phenoxy) is 1. The Balaban J connectivity index is 2.58. The molecule has 0 amide bonds. The summed E-state index contributed by atoms with van der Waals surface area (Å²) in [5.41, 5.74) is 0. The molecule has 14 heavy (non-hydrogen) atoms. The van der Waals surface area contributed by atoms with E-state index in [1.54, 1.807) is 0 Å². The van der Waals surface area contributed by atoms with Crippen molar-refractivity contribution < 1.29 is 4.74 Å². The van der Waals surface area contributed by atoms with E-state index in [1.165, 1.54) is 0 Å². The van der Waals surface area contributed by atoms with Crippen molar-refractivity contribution in [1.29, 1.82) is 5.26 Å². The molecule has 0 radical (unpaired) electrons. The highest BCUT2D eigenvalue weighted by Gasteiger charge is 2.28. The first-order chi connectivity index (χ1) is 6.69. The molecule has 0 N–H and O–H groups in total. The Morgan fingerprint density at radius 3 is 2.86 bits per heavy atom. The van der Waals surface area contributed by atoms with E-state index < -0.39 is 0 Å². The van der Waals surface area contributed by atoms with Crippen LogP contribution in [0.3, 0.4) is 0 Å². The van der Waals surface area contributed by atoms with E-state index in [9.17, 15) is 0 Å². The summed E-state index contributed by atoms with van der Waals surface area (Å²) in [6.45, 7) is 8.17. The van der Waals surface area contributed by atoms with Crippen LogP contribution in [-0.2, 0) is 4.74 Å². The predicted molar refractivity (Wildman–Crippen MR) is 55.9 cm³/mol. The third kappa shape index (κ3) is 2.70. The standard InChI is InChI=1S/C11H20N2O/c1-4-11(5-6-12)13-7-10(3)14-8-9(13)2/h9-11H,4-5,7-8H2,1-3H3.